The number of halogens is 2. The lowest BCUT2D eigenvalue weighted by atomic mass is 10.2. The molecule has 0 fully saturated rings. The Bertz CT molecular complexity index is 940. The van der Waals surface area contributed by atoms with Crippen molar-refractivity contribution in [2.45, 2.75) is 10.9 Å². The highest BCUT2D eigenvalue weighted by atomic mass is 35.5. The smallest absolute Gasteiger partial charge is 0.400 e. The molecule has 0 N–H and O–H groups in total. The zero-order chi connectivity index (χ0) is 17.8. The van der Waals surface area contributed by atoms with Crippen molar-refractivity contribution in [2.75, 3.05) is 0 Å². The molecule has 3 rings (SSSR count). The Kier molecular flexibility index (Phi) is 5.37. The van der Waals surface area contributed by atoms with Crippen molar-refractivity contribution in [3.05, 3.63) is 68.1 Å². The van der Waals surface area contributed by atoms with E-state index in [1.165, 1.54) is 41.1 Å². The molecule has 0 spiro atoms. The first-order chi connectivity index (χ1) is 12.0. The standard InChI is InChI=1S/C14H9Cl2N5O3S/c15-10-2-1-9(12(16)5-10)7-25-14-19-17-8-20(14)18-6-11-3-4-13(24-11)21(22)23/h1-6,8H,7H2/b18-6-. The molecular formula is C14H9Cl2N5O3S. The van der Waals surface area contributed by atoms with Crippen LogP contribution in [0, 0.1) is 10.1 Å². The van der Waals surface area contributed by atoms with Gasteiger partial charge < -0.3 is 4.42 Å². The molecule has 0 aliphatic carbocycles. The minimum absolute atomic E-state index is 0.247. The van der Waals surface area contributed by atoms with Gasteiger partial charge in [0.15, 0.2) is 5.76 Å². The maximum atomic E-state index is 10.6. The van der Waals surface area contributed by atoms with Crippen LogP contribution in [0.1, 0.15) is 11.3 Å². The van der Waals surface area contributed by atoms with Crippen LogP contribution >= 0.6 is 35.0 Å². The Hall–Kier alpha value is -2.36. The summed E-state index contributed by atoms with van der Waals surface area (Å²) < 4.78 is 6.43. The number of thioether (sulfide) groups is 1. The summed E-state index contributed by atoms with van der Waals surface area (Å²) in [7, 11) is 0. The number of nitro groups is 1. The molecule has 11 heteroatoms. The number of furan rings is 1. The summed E-state index contributed by atoms with van der Waals surface area (Å²) in [6, 6.07) is 7.98. The van der Waals surface area contributed by atoms with Gasteiger partial charge in [-0.15, -0.1) is 10.2 Å². The summed E-state index contributed by atoms with van der Waals surface area (Å²) in [4.78, 5) is 9.97. The lowest BCUT2D eigenvalue weighted by molar-refractivity contribution is -0.402. The van der Waals surface area contributed by atoms with E-state index in [1.54, 1.807) is 12.1 Å². The summed E-state index contributed by atoms with van der Waals surface area (Å²) >= 11 is 13.4. The van der Waals surface area contributed by atoms with E-state index in [9.17, 15) is 10.1 Å². The van der Waals surface area contributed by atoms with Crippen LogP contribution < -0.4 is 0 Å². The Labute approximate surface area is 155 Å². The monoisotopic (exact) mass is 397 g/mol. The largest absolute Gasteiger partial charge is 0.433 e. The second-order valence-electron chi connectivity index (χ2n) is 4.66. The number of rotatable bonds is 6. The van der Waals surface area contributed by atoms with Crippen LogP contribution in [0.5, 0.6) is 0 Å². The maximum absolute atomic E-state index is 10.6. The average molecular weight is 398 g/mol. The van der Waals surface area contributed by atoms with Gasteiger partial charge in [-0.05, 0) is 23.8 Å². The number of benzene rings is 1. The molecule has 0 aliphatic heterocycles. The zero-order valence-corrected chi connectivity index (χ0v) is 14.7. The normalized spacial score (nSPS) is 11.3. The van der Waals surface area contributed by atoms with Crippen molar-refractivity contribution >= 4 is 47.1 Å². The first kappa shape index (κ1) is 17.5. The third-order valence-electron chi connectivity index (χ3n) is 2.97. The third-order valence-corrected chi connectivity index (χ3v) is 4.54. The molecular weight excluding hydrogens is 389 g/mol. The van der Waals surface area contributed by atoms with Gasteiger partial charge in [0.2, 0.25) is 5.16 Å². The first-order valence-electron chi connectivity index (χ1n) is 6.78. The number of aromatic nitrogens is 3. The van der Waals surface area contributed by atoms with E-state index in [0.717, 1.165) is 5.56 Å². The minimum Gasteiger partial charge on any atom is -0.400 e. The van der Waals surface area contributed by atoms with E-state index in [0.29, 0.717) is 21.0 Å². The van der Waals surface area contributed by atoms with Crippen LogP contribution in [-0.2, 0) is 5.75 Å². The Morgan fingerprint density at radius 3 is 2.92 bits per heavy atom. The Balaban J connectivity index is 1.69. The molecule has 8 nitrogen and oxygen atoms in total. The van der Waals surface area contributed by atoms with E-state index < -0.39 is 4.92 Å². The van der Waals surface area contributed by atoms with Crippen LogP contribution in [-0.4, -0.2) is 26.0 Å². The van der Waals surface area contributed by atoms with Crippen LogP contribution in [0.25, 0.3) is 0 Å². The van der Waals surface area contributed by atoms with Gasteiger partial charge in [-0.3, -0.25) is 10.1 Å². The first-order valence-corrected chi connectivity index (χ1v) is 8.52. The molecule has 0 aliphatic rings. The van der Waals surface area contributed by atoms with Crippen LogP contribution in [0.2, 0.25) is 10.0 Å². The molecule has 0 unspecified atom stereocenters. The fourth-order valence-corrected chi connectivity index (χ4v) is 3.23. The second kappa shape index (κ2) is 7.68. The predicted octanol–water partition coefficient (Wildman–Crippen LogP) is 4.26. The summed E-state index contributed by atoms with van der Waals surface area (Å²) in [5.74, 6) is 0.450. The van der Waals surface area contributed by atoms with E-state index >= 15 is 0 Å². The highest BCUT2D eigenvalue weighted by Crippen LogP contribution is 2.27. The number of hydrogen-bond acceptors (Lipinski definition) is 7. The predicted molar refractivity (Wildman–Crippen MR) is 94.4 cm³/mol. The fraction of sp³-hybridized carbons (Fsp3) is 0.0714. The maximum Gasteiger partial charge on any atom is 0.433 e. The molecule has 25 heavy (non-hydrogen) atoms. The van der Waals surface area contributed by atoms with Crippen LogP contribution in [0.3, 0.4) is 0 Å². The molecule has 0 amide bonds. The molecule has 0 bridgehead atoms. The number of hydrogen-bond donors (Lipinski definition) is 0. The Morgan fingerprint density at radius 1 is 1.36 bits per heavy atom. The van der Waals surface area contributed by atoms with E-state index in [2.05, 4.69) is 15.3 Å². The molecule has 0 radical (unpaired) electrons. The molecule has 2 aromatic heterocycles. The molecule has 3 aromatic rings. The van der Waals surface area contributed by atoms with Crippen molar-refractivity contribution in [2.24, 2.45) is 5.10 Å². The van der Waals surface area contributed by atoms with Gasteiger partial charge in [-0.25, -0.2) is 0 Å². The fourth-order valence-electron chi connectivity index (χ4n) is 1.80. The third kappa shape index (κ3) is 4.38. The molecule has 0 saturated carbocycles. The van der Waals surface area contributed by atoms with Gasteiger partial charge in [0.25, 0.3) is 0 Å². The average Bonchev–Trinajstić information content (AvgIpc) is 3.21. The molecule has 2 heterocycles. The topological polar surface area (TPSA) is 99.3 Å². The van der Waals surface area contributed by atoms with Crippen molar-refractivity contribution < 1.29 is 9.34 Å². The highest BCUT2D eigenvalue weighted by Gasteiger charge is 2.11. The lowest BCUT2D eigenvalue weighted by Crippen LogP contribution is -1.92. The van der Waals surface area contributed by atoms with Gasteiger partial charge in [0, 0.05) is 15.8 Å². The summed E-state index contributed by atoms with van der Waals surface area (Å²) in [5, 5.41) is 24.2. The number of nitrogens with zero attached hydrogens (tertiary/aromatic N) is 5. The molecule has 0 atom stereocenters. The SMILES string of the molecule is O=[N+]([O-])c1ccc(/C=N\n2cnnc2SCc2ccc(Cl)cc2Cl)o1. The van der Waals surface area contributed by atoms with Gasteiger partial charge in [-0.1, -0.05) is 41.0 Å². The quantitative estimate of drug-likeness (QED) is 0.266. The van der Waals surface area contributed by atoms with E-state index in [4.69, 9.17) is 27.6 Å². The van der Waals surface area contributed by atoms with E-state index in [1.807, 2.05) is 6.07 Å². The van der Waals surface area contributed by atoms with Crippen molar-refractivity contribution in [1.82, 2.24) is 14.9 Å². The van der Waals surface area contributed by atoms with Crippen LogP contribution in [0.4, 0.5) is 5.88 Å². The Morgan fingerprint density at radius 2 is 2.20 bits per heavy atom. The molecule has 128 valence electrons. The summed E-state index contributed by atoms with van der Waals surface area (Å²) in [6.07, 6.45) is 2.76. The van der Waals surface area contributed by atoms with Gasteiger partial charge in [0.1, 0.15) is 11.3 Å². The highest BCUT2D eigenvalue weighted by molar-refractivity contribution is 7.98. The van der Waals surface area contributed by atoms with Gasteiger partial charge >= 0.3 is 5.88 Å². The molecule has 1 aromatic carbocycles. The van der Waals surface area contributed by atoms with Crippen molar-refractivity contribution in [1.29, 1.82) is 0 Å². The van der Waals surface area contributed by atoms with Gasteiger partial charge in [-0.2, -0.15) is 9.78 Å². The van der Waals surface area contributed by atoms with Crippen molar-refractivity contribution in [3.8, 4) is 0 Å². The summed E-state index contributed by atoms with van der Waals surface area (Å²) in [5.41, 5.74) is 0.899. The van der Waals surface area contributed by atoms with Gasteiger partial charge in [0.05, 0.1) is 12.3 Å². The molecule has 0 saturated heterocycles. The summed E-state index contributed by atoms with van der Waals surface area (Å²) in [6.45, 7) is 0. The lowest BCUT2D eigenvalue weighted by Gasteiger charge is -2.04. The van der Waals surface area contributed by atoms with E-state index in [-0.39, 0.29) is 11.6 Å². The zero-order valence-electron chi connectivity index (χ0n) is 12.4. The van der Waals surface area contributed by atoms with Crippen molar-refractivity contribution in [3.63, 3.8) is 0 Å². The minimum atomic E-state index is -0.618. The second-order valence-corrected chi connectivity index (χ2v) is 6.45. The van der Waals surface area contributed by atoms with Crippen LogP contribution in [0.15, 0.2) is 51.3 Å².